The van der Waals surface area contributed by atoms with Crippen LogP contribution in [0.2, 0.25) is 0 Å². The number of aromatic nitrogens is 1. The van der Waals surface area contributed by atoms with E-state index in [9.17, 15) is 14.7 Å². The summed E-state index contributed by atoms with van der Waals surface area (Å²) in [6.07, 6.45) is 3.77. The van der Waals surface area contributed by atoms with Crippen molar-refractivity contribution >= 4 is 34.7 Å². The van der Waals surface area contributed by atoms with Gasteiger partial charge in [-0.25, -0.2) is 0 Å². The lowest BCUT2D eigenvalue weighted by Crippen LogP contribution is -2.35. The van der Waals surface area contributed by atoms with Crippen molar-refractivity contribution in [1.29, 1.82) is 0 Å². The number of phenols is 1. The van der Waals surface area contributed by atoms with Crippen LogP contribution in [-0.2, 0) is 11.3 Å². The lowest BCUT2D eigenvalue weighted by molar-refractivity contribution is -0.116. The molecule has 34 heavy (non-hydrogen) atoms. The maximum Gasteiger partial charge on any atom is 0.308 e. The summed E-state index contributed by atoms with van der Waals surface area (Å²) in [4.78, 5) is 27.0. The third kappa shape index (κ3) is 3.55. The molecule has 0 radical (unpaired) electrons. The van der Waals surface area contributed by atoms with Crippen LogP contribution < -0.4 is 14.9 Å². The van der Waals surface area contributed by atoms with Crippen LogP contribution in [-0.4, -0.2) is 27.9 Å². The molecule has 1 aliphatic heterocycles. The predicted octanol–water partition coefficient (Wildman–Crippen LogP) is 4.92. The first-order valence-electron chi connectivity index (χ1n) is 11.7. The second-order valence-corrected chi connectivity index (χ2v) is 11.6. The van der Waals surface area contributed by atoms with Gasteiger partial charge in [-0.15, -0.1) is 11.8 Å². The molecule has 2 aliphatic carbocycles. The Morgan fingerprint density at radius 2 is 1.91 bits per heavy atom. The molecule has 4 unspecified atom stereocenters. The number of nitrogens with one attached hydrogen (secondary N) is 1. The first-order valence-corrected chi connectivity index (χ1v) is 13.3. The average molecular weight is 495 g/mol. The maximum atomic E-state index is 13.2. The summed E-state index contributed by atoms with van der Waals surface area (Å²) in [5.74, 6) is 2.70. The molecule has 2 heterocycles. The number of anilines is 1. The molecule has 1 aromatic heterocycles. The van der Waals surface area contributed by atoms with Crippen LogP contribution in [0.4, 0.5) is 5.69 Å². The van der Waals surface area contributed by atoms with Crippen molar-refractivity contribution < 1.29 is 14.6 Å². The number of benzene rings is 2. The zero-order valence-corrected chi connectivity index (χ0v) is 20.4. The van der Waals surface area contributed by atoms with Gasteiger partial charge >= 0.3 is 4.87 Å². The molecule has 2 saturated carbocycles. The van der Waals surface area contributed by atoms with E-state index in [4.69, 9.17) is 4.74 Å². The standard InChI is InChI=1S/C26H26N2O4S2/c1-32-19-5-3-2-4-18(19)22-21-14-6-7-15(12-14)23(21)33-25-24(22)34-26(31)28(25)13-20(30)27-16-8-10-17(29)11-9-16/h2-5,8-11,14-15,21-23,29H,6-7,12-13H2,1H3,(H,27,30)/t14?,15?,21?,22-,23?/m1/s1. The maximum absolute atomic E-state index is 13.2. The highest BCUT2D eigenvalue weighted by molar-refractivity contribution is 8.00. The van der Waals surface area contributed by atoms with E-state index in [1.807, 2.05) is 30.0 Å². The quantitative estimate of drug-likeness (QED) is 0.493. The summed E-state index contributed by atoms with van der Waals surface area (Å²) < 4.78 is 7.41. The van der Waals surface area contributed by atoms with E-state index in [-0.39, 0.29) is 29.0 Å². The topological polar surface area (TPSA) is 80.6 Å². The van der Waals surface area contributed by atoms with Gasteiger partial charge in [-0.3, -0.25) is 14.2 Å². The first kappa shape index (κ1) is 21.8. The van der Waals surface area contributed by atoms with Crippen LogP contribution >= 0.6 is 23.1 Å². The van der Waals surface area contributed by atoms with Crippen LogP contribution in [0.1, 0.15) is 35.6 Å². The fraction of sp³-hybridized carbons (Fsp3) is 0.385. The molecular weight excluding hydrogens is 468 g/mol. The first-order chi connectivity index (χ1) is 16.5. The molecule has 176 valence electrons. The number of fused-ring (bicyclic) bond motifs is 6. The van der Waals surface area contributed by atoms with Crippen LogP contribution in [0.25, 0.3) is 0 Å². The van der Waals surface area contributed by atoms with E-state index < -0.39 is 0 Å². The summed E-state index contributed by atoms with van der Waals surface area (Å²) in [6, 6.07) is 14.5. The van der Waals surface area contributed by atoms with Crippen LogP contribution in [0, 0.1) is 17.8 Å². The number of para-hydroxylation sites is 1. The Labute approximate surface area is 206 Å². The number of phenolic OH excluding ortho intramolecular Hbond substituents is 1. The van der Waals surface area contributed by atoms with E-state index in [1.165, 1.54) is 42.7 Å². The van der Waals surface area contributed by atoms with Gasteiger partial charge < -0.3 is 15.2 Å². The largest absolute Gasteiger partial charge is 0.508 e. The summed E-state index contributed by atoms with van der Waals surface area (Å²) in [7, 11) is 1.71. The van der Waals surface area contributed by atoms with Gasteiger partial charge in [0.15, 0.2) is 0 Å². The van der Waals surface area contributed by atoms with E-state index in [0.717, 1.165) is 21.2 Å². The number of thioether (sulfide) groups is 1. The van der Waals surface area contributed by atoms with E-state index >= 15 is 0 Å². The predicted molar refractivity (Wildman–Crippen MR) is 134 cm³/mol. The molecule has 0 saturated heterocycles. The smallest absolute Gasteiger partial charge is 0.308 e. The van der Waals surface area contributed by atoms with Crippen LogP contribution in [0.15, 0.2) is 58.4 Å². The van der Waals surface area contributed by atoms with Gasteiger partial charge in [-0.05, 0) is 67.3 Å². The molecule has 1 amide bonds. The van der Waals surface area contributed by atoms with Crippen molar-refractivity contribution in [2.24, 2.45) is 17.8 Å². The molecular formula is C26H26N2O4S2. The highest BCUT2D eigenvalue weighted by Gasteiger charge is 2.55. The minimum atomic E-state index is -0.252. The monoisotopic (exact) mass is 494 g/mol. The van der Waals surface area contributed by atoms with Gasteiger partial charge in [0.2, 0.25) is 5.91 Å². The molecule has 0 spiro atoms. The number of thiazole rings is 1. The van der Waals surface area contributed by atoms with Crippen molar-refractivity contribution in [2.75, 3.05) is 12.4 Å². The highest BCUT2D eigenvalue weighted by Crippen LogP contribution is 2.64. The minimum Gasteiger partial charge on any atom is -0.508 e. The van der Waals surface area contributed by atoms with E-state index in [1.54, 1.807) is 23.8 Å². The molecule has 2 bridgehead atoms. The Balaban J connectivity index is 1.38. The Bertz CT molecular complexity index is 1300. The minimum absolute atomic E-state index is 0.0251. The van der Waals surface area contributed by atoms with Crippen molar-refractivity contribution in [2.45, 2.75) is 42.0 Å². The molecule has 3 aliphatic rings. The van der Waals surface area contributed by atoms with Crippen molar-refractivity contribution in [3.63, 3.8) is 0 Å². The van der Waals surface area contributed by atoms with Gasteiger partial charge in [-0.2, -0.15) is 0 Å². The number of carbonyl (C=O) groups is 1. The Kier molecular flexibility index (Phi) is 5.45. The SMILES string of the molecule is COc1ccccc1[C@H]1c2sc(=O)n(CC(=O)Nc3ccc(O)cc3)c2SC2C3CCC(C3)C21. The number of aromatic hydroxyl groups is 1. The lowest BCUT2D eigenvalue weighted by Gasteiger charge is -2.40. The second-order valence-electron chi connectivity index (χ2n) is 9.43. The number of rotatable bonds is 5. The van der Waals surface area contributed by atoms with Crippen molar-refractivity contribution in [3.05, 3.63) is 68.6 Å². The lowest BCUT2D eigenvalue weighted by atomic mass is 9.74. The number of hydrogen-bond donors (Lipinski definition) is 2. The number of carbonyl (C=O) groups excluding carboxylic acids is 1. The molecule has 2 aromatic carbocycles. The Morgan fingerprint density at radius 3 is 2.71 bits per heavy atom. The Hall–Kier alpha value is -2.71. The third-order valence-electron chi connectivity index (χ3n) is 7.62. The molecule has 5 atom stereocenters. The highest BCUT2D eigenvalue weighted by atomic mass is 32.2. The van der Waals surface area contributed by atoms with Gasteiger partial charge in [0.05, 0.1) is 12.1 Å². The van der Waals surface area contributed by atoms with Gasteiger partial charge in [0.25, 0.3) is 0 Å². The molecule has 2 N–H and O–H groups in total. The number of nitrogens with zero attached hydrogens (tertiary/aromatic N) is 1. The molecule has 3 aromatic rings. The van der Waals surface area contributed by atoms with Gasteiger partial charge in [0, 0.05) is 27.3 Å². The van der Waals surface area contributed by atoms with E-state index in [0.29, 0.717) is 28.7 Å². The number of methoxy groups -OCH3 is 1. The second kappa shape index (κ2) is 8.50. The third-order valence-corrected chi connectivity index (χ3v) is 10.4. The fourth-order valence-electron chi connectivity index (χ4n) is 6.25. The van der Waals surface area contributed by atoms with Gasteiger partial charge in [0.1, 0.15) is 18.0 Å². The summed E-state index contributed by atoms with van der Waals surface area (Å²) in [6.45, 7) is -0.0251. The number of ether oxygens (including phenoxy) is 1. The van der Waals surface area contributed by atoms with Crippen molar-refractivity contribution in [3.8, 4) is 11.5 Å². The molecule has 2 fully saturated rings. The van der Waals surface area contributed by atoms with E-state index in [2.05, 4.69) is 11.4 Å². The van der Waals surface area contributed by atoms with Crippen LogP contribution in [0.5, 0.6) is 11.5 Å². The zero-order valence-electron chi connectivity index (χ0n) is 18.8. The number of amides is 1. The summed E-state index contributed by atoms with van der Waals surface area (Å²) >= 11 is 3.10. The van der Waals surface area contributed by atoms with Crippen molar-refractivity contribution in [1.82, 2.24) is 4.57 Å². The Morgan fingerprint density at radius 1 is 1.15 bits per heavy atom. The summed E-state index contributed by atoms with van der Waals surface area (Å²) in [5.41, 5.74) is 1.74. The van der Waals surface area contributed by atoms with Crippen LogP contribution in [0.3, 0.4) is 0 Å². The average Bonchev–Trinajstić information content (AvgIpc) is 3.54. The number of hydrogen-bond acceptors (Lipinski definition) is 6. The molecule has 6 rings (SSSR count). The van der Waals surface area contributed by atoms with Gasteiger partial charge in [-0.1, -0.05) is 29.5 Å². The normalized spacial score (nSPS) is 26.7. The molecule has 8 heteroatoms. The fourth-order valence-corrected chi connectivity index (χ4v) is 9.39. The summed E-state index contributed by atoms with van der Waals surface area (Å²) in [5, 5.41) is 13.7. The zero-order chi connectivity index (χ0) is 23.4. The molecule has 6 nitrogen and oxygen atoms in total.